The van der Waals surface area contributed by atoms with Gasteiger partial charge >= 0.3 is 0 Å². The molecule has 0 aliphatic carbocycles. The number of aryl methyl sites for hydroxylation is 1. The van der Waals surface area contributed by atoms with Crippen molar-refractivity contribution in [2.75, 3.05) is 6.54 Å². The van der Waals surface area contributed by atoms with E-state index >= 15 is 0 Å². The van der Waals surface area contributed by atoms with Gasteiger partial charge in [0.15, 0.2) is 11.6 Å². The molecule has 0 amide bonds. The zero-order chi connectivity index (χ0) is 14.7. The van der Waals surface area contributed by atoms with Gasteiger partial charge in [-0.15, -0.1) is 11.3 Å². The molecular formula is C15H16ClF2NS. The van der Waals surface area contributed by atoms with Gasteiger partial charge < -0.3 is 5.32 Å². The quantitative estimate of drug-likeness (QED) is 0.829. The minimum absolute atomic E-state index is 0.0565. The Hall–Kier alpha value is -0.970. The van der Waals surface area contributed by atoms with Gasteiger partial charge in [-0.25, -0.2) is 8.78 Å². The number of benzene rings is 1. The fourth-order valence-electron chi connectivity index (χ4n) is 2.08. The minimum Gasteiger partial charge on any atom is -0.309 e. The third-order valence-corrected chi connectivity index (χ3v) is 4.76. The molecule has 1 N–H and O–H groups in total. The monoisotopic (exact) mass is 315 g/mol. The molecule has 20 heavy (non-hydrogen) atoms. The summed E-state index contributed by atoms with van der Waals surface area (Å²) in [6.07, 6.45) is 0.599. The van der Waals surface area contributed by atoms with E-state index in [-0.39, 0.29) is 6.04 Å². The first-order valence-electron chi connectivity index (χ1n) is 6.44. The Morgan fingerprint density at radius 3 is 2.55 bits per heavy atom. The van der Waals surface area contributed by atoms with Crippen LogP contribution < -0.4 is 5.32 Å². The fourth-order valence-corrected chi connectivity index (χ4v) is 3.37. The predicted octanol–water partition coefficient (Wildman–Crippen LogP) is 4.88. The molecule has 2 rings (SSSR count). The van der Waals surface area contributed by atoms with Crippen LogP contribution in [0.2, 0.25) is 4.34 Å². The molecule has 1 aromatic carbocycles. The molecule has 108 valence electrons. The summed E-state index contributed by atoms with van der Waals surface area (Å²) in [7, 11) is 0. The molecule has 2 aromatic rings. The van der Waals surface area contributed by atoms with Crippen LogP contribution in [-0.2, 0) is 6.42 Å². The van der Waals surface area contributed by atoms with E-state index in [1.165, 1.54) is 23.5 Å². The van der Waals surface area contributed by atoms with Crippen LogP contribution in [0.3, 0.4) is 0 Å². The number of thiophene rings is 1. The van der Waals surface area contributed by atoms with Gasteiger partial charge in [-0.05, 0) is 49.2 Å². The van der Waals surface area contributed by atoms with E-state index in [0.717, 1.165) is 26.9 Å². The zero-order valence-corrected chi connectivity index (χ0v) is 12.9. The summed E-state index contributed by atoms with van der Waals surface area (Å²) >= 11 is 7.63. The van der Waals surface area contributed by atoms with Crippen LogP contribution in [0.5, 0.6) is 0 Å². The molecule has 1 atom stereocenters. The zero-order valence-electron chi connectivity index (χ0n) is 11.3. The Bertz CT molecular complexity index is 578. The molecule has 5 heteroatoms. The van der Waals surface area contributed by atoms with Gasteiger partial charge in [-0.3, -0.25) is 0 Å². The topological polar surface area (TPSA) is 12.0 Å². The maximum absolute atomic E-state index is 13.3. The fraction of sp³-hybridized carbons (Fsp3) is 0.333. The molecular weight excluding hydrogens is 300 g/mol. The van der Waals surface area contributed by atoms with Crippen molar-refractivity contribution in [2.24, 2.45) is 0 Å². The van der Waals surface area contributed by atoms with Crippen molar-refractivity contribution in [3.63, 3.8) is 0 Å². The highest BCUT2D eigenvalue weighted by molar-refractivity contribution is 7.16. The van der Waals surface area contributed by atoms with Crippen molar-refractivity contribution in [2.45, 2.75) is 26.3 Å². The Balaban J connectivity index is 2.22. The maximum Gasteiger partial charge on any atom is 0.159 e. The van der Waals surface area contributed by atoms with E-state index in [2.05, 4.69) is 5.32 Å². The lowest BCUT2D eigenvalue weighted by Gasteiger charge is -2.16. The number of rotatable bonds is 5. The van der Waals surface area contributed by atoms with Gasteiger partial charge in [-0.2, -0.15) is 0 Å². The number of halogens is 3. The lowest BCUT2D eigenvalue weighted by Crippen LogP contribution is -2.22. The summed E-state index contributed by atoms with van der Waals surface area (Å²) in [5, 5.41) is 3.36. The lowest BCUT2D eigenvalue weighted by atomic mass is 10.0. The molecule has 0 aliphatic heterocycles. The van der Waals surface area contributed by atoms with Crippen LogP contribution in [0.1, 0.15) is 29.0 Å². The van der Waals surface area contributed by atoms with E-state index in [9.17, 15) is 8.78 Å². The van der Waals surface area contributed by atoms with E-state index in [1.54, 1.807) is 6.07 Å². The first-order valence-corrected chi connectivity index (χ1v) is 7.63. The molecule has 1 unspecified atom stereocenters. The number of hydrogen-bond acceptors (Lipinski definition) is 2. The van der Waals surface area contributed by atoms with Crippen molar-refractivity contribution in [3.05, 3.63) is 56.2 Å². The molecule has 1 heterocycles. The summed E-state index contributed by atoms with van der Waals surface area (Å²) in [6, 6.07) is 6.13. The van der Waals surface area contributed by atoms with Crippen molar-refractivity contribution in [3.8, 4) is 0 Å². The van der Waals surface area contributed by atoms with Crippen LogP contribution in [0.25, 0.3) is 0 Å². The van der Waals surface area contributed by atoms with Crippen LogP contribution in [0.4, 0.5) is 8.78 Å². The van der Waals surface area contributed by atoms with Gasteiger partial charge in [0.25, 0.3) is 0 Å². The number of likely N-dealkylation sites (N-methyl/N-ethyl adjacent to an activating group) is 1. The van der Waals surface area contributed by atoms with Gasteiger partial charge in [0.05, 0.1) is 4.34 Å². The second-order valence-corrected chi connectivity index (χ2v) is 6.35. The van der Waals surface area contributed by atoms with Crippen LogP contribution >= 0.6 is 22.9 Å². The minimum atomic E-state index is -0.816. The summed E-state index contributed by atoms with van der Waals surface area (Å²) < 4.78 is 27.0. The average molecular weight is 316 g/mol. The first kappa shape index (κ1) is 15.4. The number of hydrogen-bond donors (Lipinski definition) is 1. The molecule has 0 fully saturated rings. The summed E-state index contributed by atoms with van der Waals surface area (Å²) in [6.45, 7) is 4.77. The summed E-state index contributed by atoms with van der Waals surface area (Å²) in [4.78, 5) is 1.11. The largest absolute Gasteiger partial charge is 0.309 e. The highest BCUT2D eigenvalue weighted by atomic mass is 35.5. The summed E-state index contributed by atoms with van der Waals surface area (Å²) in [5.41, 5.74) is 1.80. The van der Waals surface area contributed by atoms with Crippen molar-refractivity contribution in [1.82, 2.24) is 5.32 Å². The third kappa shape index (κ3) is 3.57. The average Bonchev–Trinajstić information content (AvgIpc) is 2.73. The Morgan fingerprint density at radius 2 is 2.00 bits per heavy atom. The standard InChI is InChI=1S/C15H16ClF2NS/c1-3-19-13(14-6-9(2)15(16)20-14)8-10-4-5-11(17)12(18)7-10/h4-7,13,19H,3,8H2,1-2H3. The second kappa shape index (κ2) is 6.66. The predicted molar refractivity (Wildman–Crippen MR) is 80.5 cm³/mol. The van der Waals surface area contributed by atoms with Gasteiger partial charge in [-0.1, -0.05) is 24.6 Å². The summed E-state index contributed by atoms with van der Waals surface area (Å²) in [5.74, 6) is -1.62. The first-order chi connectivity index (χ1) is 9.51. The van der Waals surface area contributed by atoms with Crippen molar-refractivity contribution >= 4 is 22.9 Å². The highest BCUT2D eigenvalue weighted by Gasteiger charge is 2.16. The molecule has 0 saturated heterocycles. The van der Waals surface area contributed by atoms with Crippen molar-refractivity contribution in [1.29, 1.82) is 0 Å². The lowest BCUT2D eigenvalue weighted by molar-refractivity contribution is 0.503. The van der Waals surface area contributed by atoms with Crippen molar-refractivity contribution < 1.29 is 8.78 Å². The normalized spacial score (nSPS) is 12.7. The molecule has 0 saturated carbocycles. The molecule has 1 aromatic heterocycles. The number of nitrogens with one attached hydrogen (secondary N) is 1. The van der Waals surface area contributed by atoms with Gasteiger partial charge in [0.2, 0.25) is 0 Å². The smallest absolute Gasteiger partial charge is 0.159 e. The molecule has 1 nitrogen and oxygen atoms in total. The SMILES string of the molecule is CCNC(Cc1ccc(F)c(F)c1)c1cc(C)c(Cl)s1. The molecule has 0 bridgehead atoms. The highest BCUT2D eigenvalue weighted by Crippen LogP contribution is 2.32. The van der Waals surface area contributed by atoms with Crippen LogP contribution in [-0.4, -0.2) is 6.54 Å². The van der Waals surface area contributed by atoms with Crippen LogP contribution in [0.15, 0.2) is 24.3 Å². The van der Waals surface area contributed by atoms with Gasteiger partial charge in [0.1, 0.15) is 0 Å². The van der Waals surface area contributed by atoms with Gasteiger partial charge in [0, 0.05) is 10.9 Å². The van der Waals surface area contributed by atoms with E-state index in [1.807, 2.05) is 19.9 Å². The molecule has 0 radical (unpaired) electrons. The molecule has 0 spiro atoms. The van der Waals surface area contributed by atoms with E-state index in [0.29, 0.717) is 6.42 Å². The van der Waals surface area contributed by atoms with E-state index in [4.69, 9.17) is 11.6 Å². The van der Waals surface area contributed by atoms with E-state index < -0.39 is 11.6 Å². The van der Waals surface area contributed by atoms with Crippen LogP contribution in [0, 0.1) is 18.6 Å². The second-order valence-electron chi connectivity index (χ2n) is 4.67. The Morgan fingerprint density at radius 1 is 1.25 bits per heavy atom. The Labute approximate surface area is 126 Å². The maximum atomic E-state index is 13.3. The Kier molecular flexibility index (Phi) is 5.13. The molecule has 0 aliphatic rings. The third-order valence-electron chi connectivity index (χ3n) is 3.09.